The largest absolute Gasteiger partial charge is 0.416 e. The molecule has 0 aliphatic carbocycles. The van der Waals surface area contributed by atoms with E-state index < -0.39 is 11.7 Å². The Kier molecular flexibility index (Phi) is 4.62. The highest BCUT2D eigenvalue weighted by Gasteiger charge is 2.31. The predicted molar refractivity (Wildman–Crippen MR) is 93.1 cm³/mol. The van der Waals surface area contributed by atoms with Crippen molar-refractivity contribution in [1.82, 2.24) is 9.88 Å². The molecule has 0 radical (unpaired) electrons. The van der Waals surface area contributed by atoms with Gasteiger partial charge in [-0.05, 0) is 41.5 Å². The van der Waals surface area contributed by atoms with Crippen LogP contribution in [0.15, 0.2) is 66.9 Å². The van der Waals surface area contributed by atoms with Crippen molar-refractivity contribution in [1.29, 1.82) is 0 Å². The first-order chi connectivity index (χ1) is 11.5. The maximum Gasteiger partial charge on any atom is 0.416 e. The summed E-state index contributed by atoms with van der Waals surface area (Å²) in [6.45, 7) is 0.596. The van der Waals surface area contributed by atoms with Gasteiger partial charge in [0.25, 0.3) is 0 Å². The molecule has 3 aromatic rings. The van der Waals surface area contributed by atoms with Crippen molar-refractivity contribution in [3.8, 4) is 5.69 Å². The summed E-state index contributed by atoms with van der Waals surface area (Å²) in [4.78, 5) is 0. The molecule has 25 heavy (non-hydrogen) atoms. The first-order valence-electron chi connectivity index (χ1n) is 7.70. The third-order valence-corrected chi connectivity index (χ3v) is 4.37. The van der Waals surface area contributed by atoms with Crippen molar-refractivity contribution in [2.24, 2.45) is 0 Å². The number of aromatic nitrogens is 1. The van der Waals surface area contributed by atoms with Crippen molar-refractivity contribution in [3.63, 3.8) is 0 Å². The van der Waals surface area contributed by atoms with Crippen molar-refractivity contribution in [2.75, 3.05) is 0 Å². The molecule has 1 aliphatic rings. The van der Waals surface area contributed by atoms with Gasteiger partial charge in [-0.2, -0.15) is 13.2 Å². The van der Waals surface area contributed by atoms with E-state index in [1.165, 1.54) is 12.1 Å². The molecule has 1 N–H and O–H groups in total. The van der Waals surface area contributed by atoms with Gasteiger partial charge < -0.3 is 9.88 Å². The third-order valence-electron chi connectivity index (χ3n) is 4.37. The maximum atomic E-state index is 13.0. The van der Waals surface area contributed by atoms with E-state index in [1.807, 2.05) is 47.2 Å². The molecule has 1 aromatic heterocycles. The molecule has 0 bridgehead atoms. The van der Waals surface area contributed by atoms with E-state index >= 15 is 0 Å². The Morgan fingerprint density at radius 2 is 1.76 bits per heavy atom. The molecule has 6 heteroatoms. The van der Waals surface area contributed by atoms with E-state index in [9.17, 15) is 13.2 Å². The van der Waals surface area contributed by atoms with Crippen molar-refractivity contribution in [2.45, 2.75) is 18.8 Å². The molecule has 0 saturated heterocycles. The number of hydrogen-bond donors (Lipinski definition) is 1. The number of benzene rings is 2. The SMILES string of the molecule is Cl.FC(F)(F)c1cccc(C2NCc3ccccc3-n3cccc32)c1. The highest BCUT2D eigenvalue weighted by Crippen LogP contribution is 2.34. The minimum Gasteiger partial charge on any atom is -0.319 e. The van der Waals surface area contributed by atoms with Gasteiger partial charge in [-0.15, -0.1) is 12.4 Å². The monoisotopic (exact) mass is 364 g/mol. The van der Waals surface area contributed by atoms with Crippen LogP contribution in [0.4, 0.5) is 13.2 Å². The number of alkyl halides is 3. The summed E-state index contributed by atoms with van der Waals surface area (Å²) in [6, 6.07) is 17.1. The summed E-state index contributed by atoms with van der Waals surface area (Å²) in [6.07, 6.45) is -2.40. The van der Waals surface area contributed by atoms with Crippen LogP contribution >= 0.6 is 12.4 Å². The smallest absolute Gasteiger partial charge is 0.319 e. The number of rotatable bonds is 1. The Labute approximate surface area is 149 Å². The molecule has 2 heterocycles. The number of halogens is 4. The van der Waals surface area contributed by atoms with Crippen LogP contribution in [0.3, 0.4) is 0 Å². The maximum absolute atomic E-state index is 13.0. The van der Waals surface area contributed by atoms with Crippen LogP contribution in [0.25, 0.3) is 5.69 Å². The number of hydrogen-bond acceptors (Lipinski definition) is 1. The average Bonchev–Trinajstić information content (AvgIpc) is 2.99. The average molecular weight is 365 g/mol. The molecule has 0 spiro atoms. The van der Waals surface area contributed by atoms with Crippen molar-refractivity contribution in [3.05, 3.63) is 89.2 Å². The first-order valence-corrected chi connectivity index (χ1v) is 7.70. The summed E-state index contributed by atoms with van der Waals surface area (Å²) in [5.74, 6) is 0. The second-order valence-corrected chi connectivity index (χ2v) is 5.87. The topological polar surface area (TPSA) is 17.0 Å². The molecule has 0 saturated carbocycles. The predicted octanol–water partition coefficient (Wildman–Crippen LogP) is 5.11. The second kappa shape index (κ2) is 6.58. The van der Waals surface area contributed by atoms with Crippen LogP contribution in [0.2, 0.25) is 0 Å². The normalized spacial score (nSPS) is 16.4. The van der Waals surface area contributed by atoms with Gasteiger partial charge in [0.15, 0.2) is 0 Å². The summed E-state index contributed by atoms with van der Waals surface area (Å²) >= 11 is 0. The van der Waals surface area contributed by atoms with Crippen molar-refractivity contribution >= 4 is 12.4 Å². The Bertz CT molecular complexity index is 886. The van der Waals surface area contributed by atoms with Gasteiger partial charge in [0.1, 0.15) is 0 Å². The van der Waals surface area contributed by atoms with Crippen LogP contribution in [-0.2, 0) is 12.7 Å². The lowest BCUT2D eigenvalue weighted by atomic mass is 10.0. The Morgan fingerprint density at radius 3 is 2.56 bits per heavy atom. The van der Waals surface area contributed by atoms with Crippen LogP contribution in [0.1, 0.15) is 28.4 Å². The fraction of sp³-hybridized carbons (Fsp3) is 0.158. The quantitative estimate of drug-likeness (QED) is 0.635. The van der Waals surface area contributed by atoms with E-state index in [0.717, 1.165) is 23.0 Å². The van der Waals surface area contributed by atoms with Crippen LogP contribution < -0.4 is 5.32 Å². The van der Waals surface area contributed by atoms with Gasteiger partial charge in [0, 0.05) is 24.1 Å². The number of para-hydroxylation sites is 1. The molecule has 1 aliphatic heterocycles. The Hall–Kier alpha value is -2.24. The lowest BCUT2D eigenvalue weighted by Gasteiger charge is -2.19. The van der Waals surface area contributed by atoms with Gasteiger partial charge in [0.2, 0.25) is 0 Å². The first kappa shape index (κ1) is 17.6. The zero-order chi connectivity index (χ0) is 16.7. The minimum absolute atomic E-state index is 0. The fourth-order valence-electron chi connectivity index (χ4n) is 3.24. The highest BCUT2D eigenvalue weighted by molar-refractivity contribution is 5.85. The van der Waals surface area contributed by atoms with Crippen molar-refractivity contribution < 1.29 is 13.2 Å². The molecule has 0 fully saturated rings. The lowest BCUT2D eigenvalue weighted by molar-refractivity contribution is -0.137. The zero-order valence-electron chi connectivity index (χ0n) is 13.1. The van der Waals surface area contributed by atoms with E-state index in [1.54, 1.807) is 6.07 Å². The van der Waals surface area contributed by atoms with Gasteiger partial charge >= 0.3 is 6.18 Å². The van der Waals surface area contributed by atoms with E-state index in [0.29, 0.717) is 12.1 Å². The Balaban J connectivity index is 0.00000182. The minimum atomic E-state index is -4.34. The molecule has 4 rings (SSSR count). The summed E-state index contributed by atoms with van der Waals surface area (Å²) in [5, 5.41) is 3.39. The van der Waals surface area contributed by atoms with Gasteiger partial charge in [-0.25, -0.2) is 0 Å². The molecular formula is C19H16ClF3N2. The molecular weight excluding hydrogens is 349 g/mol. The van der Waals surface area contributed by atoms with Crippen LogP contribution in [0, 0.1) is 0 Å². The van der Waals surface area contributed by atoms with Crippen LogP contribution in [0.5, 0.6) is 0 Å². The molecule has 1 unspecified atom stereocenters. The number of nitrogens with one attached hydrogen (secondary N) is 1. The summed E-state index contributed by atoms with van der Waals surface area (Å²) in [5.41, 5.74) is 3.09. The Morgan fingerprint density at radius 1 is 0.960 bits per heavy atom. The summed E-state index contributed by atoms with van der Waals surface area (Å²) in [7, 11) is 0. The number of fused-ring (bicyclic) bond motifs is 3. The van der Waals surface area contributed by atoms with Gasteiger partial charge in [-0.3, -0.25) is 0 Å². The standard InChI is InChI=1S/C19H15F3N2.ClH/c20-19(21,22)15-7-3-6-13(11-15)18-17-9-4-10-24(17)16-8-2-1-5-14(16)12-23-18;/h1-11,18,23H,12H2;1H. The molecule has 2 aromatic carbocycles. The molecule has 1 atom stereocenters. The van der Waals surface area contributed by atoms with Crippen LogP contribution in [-0.4, -0.2) is 4.57 Å². The van der Waals surface area contributed by atoms with E-state index in [2.05, 4.69) is 5.32 Å². The van der Waals surface area contributed by atoms with E-state index in [4.69, 9.17) is 0 Å². The third kappa shape index (κ3) is 3.17. The lowest BCUT2D eigenvalue weighted by Crippen LogP contribution is -2.21. The molecule has 0 amide bonds. The zero-order valence-corrected chi connectivity index (χ0v) is 13.9. The van der Waals surface area contributed by atoms with Gasteiger partial charge in [-0.1, -0.05) is 30.3 Å². The second-order valence-electron chi connectivity index (χ2n) is 5.87. The fourth-order valence-corrected chi connectivity index (χ4v) is 3.24. The van der Waals surface area contributed by atoms with Gasteiger partial charge in [0.05, 0.1) is 11.6 Å². The molecule has 2 nitrogen and oxygen atoms in total. The molecule has 130 valence electrons. The summed E-state index contributed by atoms with van der Waals surface area (Å²) < 4.78 is 41.2. The number of nitrogens with zero attached hydrogens (tertiary/aromatic N) is 1. The van der Waals surface area contributed by atoms with E-state index in [-0.39, 0.29) is 18.4 Å². The highest BCUT2D eigenvalue weighted by atomic mass is 35.5.